The maximum Gasteiger partial charge on any atom is 0.270 e. The quantitative estimate of drug-likeness (QED) is 0.654. The van der Waals surface area contributed by atoms with Gasteiger partial charge in [0.15, 0.2) is 5.69 Å². The van der Waals surface area contributed by atoms with Crippen molar-refractivity contribution in [2.45, 2.75) is 38.5 Å². The first kappa shape index (κ1) is 15.6. The summed E-state index contributed by atoms with van der Waals surface area (Å²) in [6.07, 6.45) is 6.81. The number of carbonyl (C=O) groups excluding carboxylic acids is 1. The minimum atomic E-state index is -0.289. The van der Waals surface area contributed by atoms with Crippen LogP contribution in [0, 0.1) is 23.2 Å². The molecule has 4 aliphatic rings. The maximum atomic E-state index is 12.9. The van der Waals surface area contributed by atoms with E-state index in [0.717, 1.165) is 34.6 Å². The summed E-state index contributed by atoms with van der Waals surface area (Å²) < 4.78 is 0.911. The van der Waals surface area contributed by atoms with Crippen LogP contribution in [0.5, 0.6) is 5.88 Å². The normalized spacial score (nSPS) is 33.6. The molecule has 4 bridgehead atoms. The van der Waals surface area contributed by atoms with Gasteiger partial charge in [-0.05, 0) is 74.5 Å². The molecule has 1 aromatic heterocycles. The lowest BCUT2D eigenvalue weighted by Gasteiger charge is -2.54. The Morgan fingerprint density at radius 3 is 2.44 bits per heavy atom. The molecule has 4 saturated carbocycles. The van der Waals surface area contributed by atoms with Gasteiger partial charge < -0.3 is 10.1 Å². The summed E-state index contributed by atoms with van der Waals surface area (Å²) in [7, 11) is 0. The van der Waals surface area contributed by atoms with Crippen LogP contribution in [0.1, 0.15) is 38.5 Å². The Bertz CT molecular complexity index is 866. The molecule has 1 aromatic carbocycles. The van der Waals surface area contributed by atoms with Crippen LogP contribution in [0.15, 0.2) is 32.9 Å². The zero-order chi connectivity index (χ0) is 17.2. The molecule has 6 rings (SSSR count). The van der Waals surface area contributed by atoms with Crippen molar-refractivity contribution in [2.75, 3.05) is 0 Å². The summed E-state index contributed by atoms with van der Waals surface area (Å²) >= 11 is 3.41. The second-order valence-electron chi connectivity index (χ2n) is 8.22. The van der Waals surface area contributed by atoms with Gasteiger partial charge in [-0.2, -0.15) is 0 Å². The van der Waals surface area contributed by atoms with Crippen LogP contribution < -0.4 is 0 Å². The Morgan fingerprint density at radius 1 is 1.16 bits per heavy atom. The van der Waals surface area contributed by atoms with Gasteiger partial charge in [-0.1, -0.05) is 15.9 Å². The van der Waals surface area contributed by atoms with Crippen LogP contribution in [0.2, 0.25) is 0 Å². The molecule has 130 valence electrons. The van der Waals surface area contributed by atoms with Crippen LogP contribution >= 0.6 is 15.9 Å². The first-order valence-corrected chi connectivity index (χ1v) is 9.78. The van der Waals surface area contributed by atoms with Gasteiger partial charge in [-0.25, -0.2) is 0 Å². The van der Waals surface area contributed by atoms with Crippen molar-refractivity contribution in [3.8, 4) is 5.88 Å². The van der Waals surface area contributed by atoms with Gasteiger partial charge in [0, 0.05) is 9.86 Å². The SMILES string of the molecule is O=C(N=Nc1c(O)[nH]c2cc(Br)ccc12)C12CC3CC(CC(C3)C1)C2. The van der Waals surface area contributed by atoms with E-state index in [2.05, 4.69) is 31.1 Å². The number of amides is 1. The molecule has 0 saturated heterocycles. The van der Waals surface area contributed by atoms with Crippen LogP contribution in [-0.4, -0.2) is 16.0 Å². The average Bonchev–Trinajstić information content (AvgIpc) is 2.85. The zero-order valence-corrected chi connectivity index (χ0v) is 15.4. The summed E-state index contributed by atoms with van der Waals surface area (Å²) in [4.78, 5) is 15.8. The minimum Gasteiger partial charge on any atom is -0.493 e. The first-order chi connectivity index (χ1) is 12.0. The summed E-state index contributed by atoms with van der Waals surface area (Å²) in [5.74, 6) is 1.96. The van der Waals surface area contributed by atoms with Gasteiger partial charge in [0.05, 0.1) is 10.9 Å². The molecular formula is C19H20BrN3O2. The molecule has 1 amide bonds. The van der Waals surface area contributed by atoms with Gasteiger partial charge >= 0.3 is 0 Å². The highest BCUT2D eigenvalue weighted by Crippen LogP contribution is 2.60. The van der Waals surface area contributed by atoms with Gasteiger partial charge in [-0.3, -0.25) is 4.79 Å². The lowest BCUT2D eigenvalue weighted by atomic mass is 9.49. The van der Waals surface area contributed by atoms with Crippen molar-refractivity contribution < 1.29 is 9.90 Å². The third-order valence-electron chi connectivity index (χ3n) is 6.45. The topological polar surface area (TPSA) is 77.8 Å². The Balaban J connectivity index is 1.46. The van der Waals surface area contributed by atoms with Crippen molar-refractivity contribution in [1.82, 2.24) is 4.98 Å². The number of azo groups is 1. The van der Waals surface area contributed by atoms with Crippen LogP contribution in [0.25, 0.3) is 10.9 Å². The van der Waals surface area contributed by atoms with Gasteiger partial charge in [0.25, 0.3) is 5.91 Å². The predicted octanol–water partition coefficient (Wildman–Crippen LogP) is 5.46. The fourth-order valence-corrected chi connectivity index (χ4v) is 6.18. The summed E-state index contributed by atoms with van der Waals surface area (Å²) in [5, 5.41) is 19.1. The molecular weight excluding hydrogens is 382 g/mol. The predicted molar refractivity (Wildman–Crippen MR) is 97.8 cm³/mol. The summed E-state index contributed by atoms with van der Waals surface area (Å²) in [6, 6.07) is 5.61. The molecule has 0 atom stereocenters. The molecule has 4 aliphatic carbocycles. The number of hydrogen-bond donors (Lipinski definition) is 2. The van der Waals surface area contributed by atoms with E-state index in [1.54, 1.807) is 0 Å². The Hall–Kier alpha value is -1.69. The Kier molecular flexibility index (Phi) is 3.36. The molecule has 1 heterocycles. The lowest BCUT2D eigenvalue weighted by Crippen LogP contribution is -2.49. The second kappa shape index (κ2) is 5.40. The van der Waals surface area contributed by atoms with Crippen LogP contribution in [0.3, 0.4) is 0 Å². The molecule has 0 aliphatic heterocycles. The molecule has 2 N–H and O–H groups in total. The number of hydrogen-bond acceptors (Lipinski definition) is 3. The van der Waals surface area contributed by atoms with Crippen LogP contribution in [0.4, 0.5) is 5.69 Å². The molecule has 6 heteroatoms. The third kappa shape index (κ3) is 2.45. The number of aromatic amines is 1. The zero-order valence-electron chi connectivity index (χ0n) is 13.8. The molecule has 2 aromatic rings. The number of aromatic hydroxyl groups is 1. The van der Waals surface area contributed by atoms with E-state index in [-0.39, 0.29) is 17.2 Å². The fraction of sp³-hybridized carbons (Fsp3) is 0.526. The van der Waals surface area contributed by atoms with Crippen molar-refractivity contribution >= 4 is 38.4 Å². The average molecular weight is 402 g/mol. The lowest BCUT2D eigenvalue weighted by molar-refractivity contribution is -0.142. The second-order valence-corrected chi connectivity index (χ2v) is 9.13. The fourth-order valence-electron chi connectivity index (χ4n) is 5.82. The van der Waals surface area contributed by atoms with Crippen molar-refractivity contribution in [1.29, 1.82) is 0 Å². The number of nitrogens with zero attached hydrogens (tertiary/aromatic N) is 2. The molecule has 25 heavy (non-hydrogen) atoms. The van der Waals surface area contributed by atoms with E-state index in [0.29, 0.717) is 23.4 Å². The third-order valence-corrected chi connectivity index (χ3v) is 6.94. The summed E-state index contributed by atoms with van der Waals surface area (Å²) in [5.41, 5.74) is 0.826. The summed E-state index contributed by atoms with van der Waals surface area (Å²) in [6.45, 7) is 0. The van der Waals surface area contributed by atoms with E-state index in [1.807, 2.05) is 18.2 Å². The number of carbonyl (C=O) groups is 1. The maximum absolute atomic E-state index is 12.9. The van der Waals surface area contributed by atoms with E-state index >= 15 is 0 Å². The minimum absolute atomic E-state index is 0.0461. The number of benzene rings is 1. The smallest absolute Gasteiger partial charge is 0.270 e. The highest BCUT2D eigenvalue weighted by Gasteiger charge is 2.54. The molecule has 4 fully saturated rings. The standard InChI is InChI=1S/C19H20BrN3O2/c20-13-1-2-14-15(6-13)21-17(24)16(14)22-23-18(25)19-7-10-3-11(8-19)5-12(4-10)9-19/h1-2,6,10-12,21,24H,3-5,7-9H2. The van der Waals surface area contributed by atoms with Crippen molar-refractivity contribution in [3.63, 3.8) is 0 Å². The van der Waals surface area contributed by atoms with Crippen LogP contribution in [-0.2, 0) is 4.79 Å². The highest BCUT2D eigenvalue weighted by atomic mass is 79.9. The molecule has 0 spiro atoms. The number of nitrogens with one attached hydrogen (secondary N) is 1. The largest absolute Gasteiger partial charge is 0.493 e. The van der Waals surface area contributed by atoms with E-state index in [1.165, 1.54) is 19.3 Å². The monoisotopic (exact) mass is 401 g/mol. The molecule has 0 radical (unpaired) electrons. The van der Waals surface area contributed by atoms with Crippen molar-refractivity contribution in [3.05, 3.63) is 22.7 Å². The number of H-pyrrole nitrogens is 1. The van der Waals surface area contributed by atoms with Gasteiger partial charge in [0.1, 0.15) is 0 Å². The number of rotatable bonds is 2. The van der Waals surface area contributed by atoms with E-state index < -0.39 is 0 Å². The molecule has 5 nitrogen and oxygen atoms in total. The Morgan fingerprint density at radius 2 is 1.80 bits per heavy atom. The van der Waals surface area contributed by atoms with Crippen molar-refractivity contribution in [2.24, 2.45) is 33.4 Å². The highest BCUT2D eigenvalue weighted by molar-refractivity contribution is 9.10. The van der Waals surface area contributed by atoms with Gasteiger partial charge in [0.2, 0.25) is 5.88 Å². The van der Waals surface area contributed by atoms with Gasteiger partial charge in [-0.15, -0.1) is 10.2 Å². The number of fused-ring (bicyclic) bond motifs is 1. The molecule has 0 unspecified atom stereocenters. The first-order valence-electron chi connectivity index (χ1n) is 8.99. The number of aromatic nitrogens is 1. The van der Waals surface area contributed by atoms with E-state index in [9.17, 15) is 9.90 Å². The Labute approximate surface area is 154 Å². The number of halogens is 1. The van der Waals surface area contributed by atoms with E-state index in [4.69, 9.17) is 0 Å².